The Hall–Kier alpha value is -1.96. The van der Waals surface area contributed by atoms with E-state index in [9.17, 15) is 0 Å². The molecular formula is C13H8IN5. The molecule has 0 fully saturated rings. The summed E-state index contributed by atoms with van der Waals surface area (Å²) in [6.07, 6.45) is 1.69. The molecule has 0 aliphatic heterocycles. The lowest BCUT2D eigenvalue weighted by Crippen LogP contribution is -2.00. The van der Waals surface area contributed by atoms with Crippen molar-refractivity contribution in [3.63, 3.8) is 0 Å². The molecule has 2 aromatic heterocycles. The molecule has 0 atom stereocenters. The maximum atomic E-state index is 4.16. The van der Waals surface area contributed by atoms with Crippen LogP contribution < -0.4 is 0 Å². The molecule has 0 amide bonds. The molecule has 0 saturated carbocycles. The Bertz CT molecular complexity index is 668. The van der Waals surface area contributed by atoms with Gasteiger partial charge in [-0.25, -0.2) is 0 Å². The second-order valence-corrected chi connectivity index (χ2v) is 5.01. The number of hydrogen-bond donors (Lipinski definition) is 0. The molecule has 0 N–H and O–H groups in total. The van der Waals surface area contributed by atoms with Crippen molar-refractivity contribution in [3.8, 4) is 22.9 Å². The maximum absolute atomic E-state index is 4.16. The van der Waals surface area contributed by atoms with Crippen molar-refractivity contribution in [2.45, 2.75) is 0 Å². The number of nitrogens with zero attached hydrogens (tertiary/aromatic N) is 5. The van der Waals surface area contributed by atoms with Gasteiger partial charge in [0.15, 0.2) is 0 Å². The SMILES string of the molecule is Ic1ccc(-c2nnc(-c3ccccn3)nn2)cc1. The minimum Gasteiger partial charge on any atom is -0.253 e. The second kappa shape index (κ2) is 5.35. The van der Waals surface area contributed by atoms with Crippen molar-refractivity contribution >= 4 is 22.6 Å². The Morgan fingerprint density at radius 2 is 1.42 bits per heavy atom. The first-order valence-corrected chi connectivity index (χ1v) is 6.65. The molecule has 3 rings (SSSR count). The van der Waals surface area contributed by atoms with Gasteiger partial charge in [0.25, 0.3) is 0 Å². The Balaban J connectivity index is 1.93. The molecule has 2 heterocycles. The lowest BCUT2D eigenvalue weighted by molar-refractivity contribution is 0.870. The fraction of sp³-hybridized carbons (Fsp3) is 0. The molecule has 3 aromatic rings. The first-order chi connectivity index (χ1) is 9.33. The van der Waals surface area contributed by atoms with Crippen LogP contribution in [0.2, 0.25) is 0 Å². The van der Waals surface area contributed by atoms with Crippen molar-refractivity contribution in [3.05, 3.63) is 52.2 Å². The highest BCUT2D eigenvalue weighted by Gasteiger charge is 2.06. The van der Waals surface area contributed by atoms with Crippen LogP contribution in [0.5, 0.6) is 0 Å². The van der Waals surface area contributed by atoms with Crippen molar-refractivity contribution in [2.75, 3.05) is 0 Å². The van der Waals surface area contributed by atoms with Gasteiger partial charge in [0, 0.05) is 15.3 Å². The van der Waals surface area contributed by atoms with E-state index in [0.717, 1.165) is 9.13 Å². The van der Waals surface area contributed by atoms with Crippen LogP contribution in [0.1, 0.15) is 0 Å². The van der Waals surface area contributed by atoms with Gasteiger partial charge in [0.2, 0.25) is 11.6 Å². The van der Waals surface area contributed by atoms with E-state index < -0.39 is 0 Å². The Labute approximate surface area is 123 Å². The molecule has 5 nitrogen and oxygen atoms in total. The van der Waals surface area contributed by atoms with Crippen LogP contribution in [0.3, 0.4) is 0 Å². The summed E-state index contributed by atoms with van der Waals surface area (Å²) >= 11 is 2.25. The zero-order valence-corrected chi connectivity index (χ0v) is 11.9. The van der Waals surface area contributed by atoms with Crippen LogP contribution in [-0.4, -0.2) is 25.4 Å². The molecule has 19 heavy (non-hydrogen) atoms. The highest BCUT2D eigenvalue weighted by molar-refractivity contribution is 14.1. The summed E-state index contributed by atoms with van der Waals surface area (Å²) in [6, 6.07) is 13.4. The van der Waals surface area contributed by atoms with Gasteiger partial charge in [-0.1, -0.05) is 18.2 Å². The van der Waals surface area contributed by atoms with Crippen LogP contribution in [0.15, 0.2) is 48.7 Å². The zero-order valence-electron chi connectivity index (χ0n) is 9.73. The van der Waals surface area contributed by atoms with E-state index in [0.29, 0.717) is 17.3 Å². The largest absolute Gasteiger partial charge is 0.253 e. The molecule has 0 aliphatic rings. The van der Waals surface area contributed by atoms with E-state index in [1.54, 1.807) is 6.20 Å². The van der Waals surface area contributed by atoms with Crippen molar-refractivity contribution in [2.24, 2.45) is 0 Å². The quantitative estimate of drug-likeness (QED) is 0.657. The van der Waals surface area contributed by atoms with E-state index in [2.05, 4.69) is 48.0 Å². The average molecular weight is 361 g/mol. The number of benzene rings is 1. The number of hydrogen-bond acceptors (Lipinski definition) is 5. The number of halogens is 1. The standard InChI is InChI=1S/C13H8IN5/c14-10-6-4-9(5-7-10)12-16-18-13(19-17-12)11-3-1-2-8-15-11/h1-8H. The molecule has 0 radical (unpaired) electrons. The van der Waals surface area contributed by atoms with E-state index in [1.165, 1.54) is 0 Å². The molecular weight excluding hydrogens is 353 g/mol. The van der Waals surface area contributed by atoms with Gasteiger partial charge in [0.1, 0.15) is 5.69 Å². The van der Waals surface area contributed by atoms with Crippen LogP contribution >= 0.6 is 22.6 Å². The summed E-state index contributed by atoms with van der Waals surface area (Å²) in [5.41, 5.74) is 1.56. The van der Waals surface area contributed by atoms with Crippen LogP contribution in [0, 0.1) is 3.57 Å². The van der Waals surface area contributed by atoms with E-state index >= 15 is 0 Å². The van der Waals surface area contributed by atoms with Gasteiger partial charge in [-0.3, -0.25) is 4.98 Å². The Kier molecular flexibility index (Phi) is 3.41. The lowest BCUT2D eigenvalue weighted by Gasteiger charge is -2.00. The maximum Gasteiger partial charge on any atom is 0.221 e. The summed E-state index contributed by atoms with van der Waals surface area (Å²) in [5.74, 6) is 0.936. The summed E-state index contributed by atoms with van der Waals surface area (Å²) in [4.78, 5) is 4.16. The van der Waals surface area contributed by atoms with Gasteiger partial charge >= 0.3 is 0 Å². The molecule has 0 spiro atoms. The predicted molar refractivity (Wildman–Crippen MR) is 79.0 cm³/mol. The predicted octanol–water partition coefficient (Wildman–Crippen LogP) is 2.60. The van der Waals surface area contributed by atoms with Crippen LogP contribution in [-0.2, 0) is 0 Å². The lowest BCUT2D eigenvalue weighted by atomic mass is 10.2. The summed E-state index contributed by atoms with van der Waals surface area (Å²) in [5, 5.41) is 16.3. The third-order valence-corrected chi connectivity index (χ3v) is 3.19. The zero-order chi connectivity index (χ0) is 13.1. The highest BCUT2D eigenvalue weighted by atomic mass is 127. The third kappa shape index (κ3) is 2.73. The first-order valence-electron chi connectivity index (χ1n) is 5.58. The minimum absolute atomic E-state index is 0.426. The molecule has 0 aliphatic carbocycles. The average Bonchev–Trinajstić information content (AvgIpc) is 2.49. The van der Waals surface area contributed by atoms with Gasteiger partial charge < -0.3 is 0 Å². The summed E-state index contributed by atoms with van der Waals surface area (Å²) in [6.45, 7) is 0. The van der Waals surface area contributed by atoms with E-state index in [-0.39, 0.29) is 0 Å². The molecule has 0 unspecified atom stereocenters. The van der Waals surface area contributed by atoms with Gasteiger partial charge in [-0.15, -0.1) is 20.4 Å². The third-order valence-electron chi connectivity index (χ3n) is 2.48. The Morgan fingerprint density at radius 3 is 2.05 bits per heavy atom. The second-order valence-electron chi connectivity index (χ2n) is 3.77. The fourth-order valence-electron chi connectivity index (χ4n) is 1.54. The smallest absolute Gasteiger partial charge is 0.221 e. The van der Waals surface area contributed by atoms with E-state index in [1.807, 2.05) is 42.5 Å². The first kappa shape index (κ1) is 12.1. The number of aromatic nitrogens is 5. The molecule has 1 aromatic carbocycles. The molecule has 0 bridgehead atoms. The van der Waals surface area contributed by atoms with Gasteiger partial charge in [-0.2, -0.15) is 0 Å². The van der Waals surface area contributed by atoms with E-state index in [4.69, 9.17) is 0 Å². The fourth-order valence-corrected chi connectivity index (χ4v) is 1.90. The van der Waals surface area contributed by atoms with Crippen LogP contribution in [0.25, 0.3) is 22.9 Å². The van der Waals surface area contributed by atoms with Crippen molar-refractivity contribution in [1.29, 1.82) is 0 Å². The van der Waals surface area contributed by atoms with Crippen molar-refractivity contribution < 1.29 is 0 Å². The highest BCUT2D eigenvalue weighted by Crippen LogP contribution is 2.16. The van der Waals surface area contributed by atoms with Gasteiger partial charge in [0.05, 0.1) is 0 Å². The van der Waals surface area contributed by atoms with Gasteiger partial charge in [-0.05, 0) is 46.9 Å². The topological polar surface area (TPSA) is 64.5 Å². The molecule has 6 heteroatoms. The minimum atomic E-state index is 0.426. The molecule has 0 saturated heterocycles. The normalized spacial score (nSPS) is 10.4. The number of rotatable bonds is 2. The van der Waals surface area contributed by atoms with Crippen molar-refractivity contribution in [1.82, 2.24) is 25.4 Å². The summed E-state index contributed by atoms with van der Waals surface area (Å²) < 4.78 is 1.16. The Morgan fingerprint density at radius 1 is 0.737 bits per heavy atom. The number of pyridine rings is 1. The van der Waals surface area contributed by atoms with Crippen LogP contribution in [0.4, 0.5) is 0 Å². The monoisotopic (exact) mass is 361 g/mol. The molecule has 92 valence electrons. The summed E-state index contributed by atoms with van der Waals surface area (Å²) in [7, 11) is 0.